The molecule has 0 unspecified atom stereocenters. The molecule has 2 aromatic rings. The van der Waals surface area contributed by atoms with E-state index in [2.05, 4.69) is 13.8 Å². The second-order valence-corrected chi connectivity index (χ2v) is 11.0. The van der Waals surface area contributed by atoms with Crippen LogP contribution in [0.1, 0.15) is 109 Å². The molecule has 1 fully saturated rings. The molecule has 1 heterocycles. The maximum absolute atomic E-state index is 15.0. The Morgan fingerprint density at radius 1 is 0.737 bits per heavy atom. The third-order valence-corrected chi connectivity index (χ3v) is 7.64. The number of ether oxygens (including phenoxy) is 3. The summed E-state index contributed by atoms with van der Waals surface area (Å²) in [7, 11) is 0. The van der Waals surface area contributed by atoms with Crippen molar-refractivity contribution in [1.82, 2.24) is 0 Å². The number of halogens is 1. The highest BCUT2D eigenvalue weighted by molar-refractivity contribution is 5.65. The van der Waals surface area contributed by atoms with Crippen LogP contribution in [0.25, 0.3) is 11.1 Å². The minimum Gasteiger partial charge on any atom is -0.494 e. The van der Waals surface area contributed by atoms with Crippen LogP contribution < -0.4 is 4.74 Å². The third kappa shape index (κ3) is 11.5. The van der Waals surface area contributed by atoms with Gasteiger partial charge in [-0.1, -0.05) is 109 Å². The molecule has 0 aliphatic carbocycles. The van der Waals surface area contributed by atoms with Crippen LogP contribution in [0.5, 0.6) is 5.75 Å². The number of aryl methyl sites for hydroxylation is 1. The molecule has 38 heavy (non-hydrogen) atoms. The summed E-state index contributed by atoms with van der Waals surface area (Å²) in [4.78, 5) is 0. The first kappa shape index (κ1) is 30.6. The second-order valence-electron chi connectivity index (χ2n) is 11.0. The van der Waals surface area contributed by atoms with Crippen LogP contribution in [0.3, 0.4) is 0 Å². The van der Waals surface area contributed by atoms with E-state index in [0.717, 1.165) is 56.0 Å². The predicted molar refractivity (Wildman–Crippen MR) is 156 cm³/mol. The van der Waals surface area contributed by atoms with Crippen molar-refractivity contribution in [3.05, 3.63) is 53.8 Å². The highest BCUT2D eigenvalue weighted by Gasteiger charge is 2.22. The smallest absolute Gasteiger partial charge is 0.157 e. The lowest BCUT2D eigenvalue weighted by Crippen LogP contribution is -2.32. The molecule has 212 valence electrons. The lowest BCUT2D eigenvalue weighted by Gasteiger charge is -2.29. The first-order chi connectivity index (χ1) is 18.7. The Morgan fingerprint density at radius 3 is 2.03 bits per heavy atom. The van der Waals surface area contributed by atoms with Crippen molar-refractivity contribution in [1.29, 1.82) is 0 Å². The zero-order valence-electron chi connectivity index (χ0n) is 24.0. The Hall–Kier alpha value is -1.91. The number of hydrogen-bond acceptors (Lipinski definition) is 3. The van der Waals surface area contributed by atoms with Gasteiger partial charge in [-0.15, -0.1) is 0 Å². The van der Waals surface area contributed by atoms with E-state index in [0.29, 0.717) is 11.5 Å². The van der Waals surface area contributed by atoms with Crippen molar-refractivity contribution in [3.63, 3.8) is 0 Å². The Balaban J connectivity index is 1.34. The van der Waals surface area contributed by atoms with Gasteiger partial charge in [0, 0.05) is 17.9 Å². The molecule has 0 amide bonds. The van der Waals surface area contributed by atoms with E-state index in [1.807, 2.05) is 36.4 Å². The van der Waals surface area contributed by atoms with E-state index in [4.69, 9.17) is 14.2 Å². The van der Waals surface area contributed by atoms with Gasteiger partial charge in [-0.05, 0) is 48.6 Å². The van der Waals surface area contributed by atoms with Crippen molar-refractivity contribution >= 4 is 0 Å². The molecule has 1 saturated heterocycles. The highest BCUT2D eigenvalue weighted by atomic mass is 19.1. The molecule has 0 N–H and O–H groups in total. The van der Waals surface area contributed by atoms with Gasteiger partial charge in [0.15, 0.2) is 6.29 Å². The molecule has 3 nitrogen and oxygen atoms in total. The van der Waals surface area contributed by atoms with Crippen molar-refractivity contribution < 1.29 is 18.6 Å². The Labute approximate surface area is 231 Å². The van der Waals surface area contributed by atoms with Gasteiger partial charge in [0.05, 0.1) is 19.8 Å². The molecule has 1 aliphatic heterocycles. The zero-order valence-corrected chi connectivity index (χ0v) is 24.0. The van der Waals surface area contributed by atoms with Crippen LogP contribution in [0.4, 0.5) is 4.39 Å². The molecule has 0 saturated carbocycles. The summed E-state index contributed by atoms with van der Waals surface area (Å²) in [6, 6.07) is 13.3. The Bertz CT molecular complexity index is 874. The van der Waals surface area contributed by atoms with Crippen LogP contribution in [-0.2, 0) is 15.9 Å². The second kappa shape index (κ2) is 18.4. The van der Waals surface area contributed by atoms with E-state index in [-0.39, 0.29) is 12.1 Å². The van der Waals surface area contributed by atoms with Crippen LogP contribution in [0.15, 0.2) is 42.5 Å². The molecule has 0 bridgehead atoms. The minimum absolute atomic E-state index is 0.178. The molecule has 2 aromatic carbocycles. The van der Waals surface area contributed by atoms with Crippen LogP contribution in [0.2, 0.25) is 0 Å². The summed E-state index contributed by atoms with van der Waals surface area (Å²) in [5.74, 6) is 1.18. The monoisotopic (exact) mass is 526 g/mol. The lowest BCUT2D eigenvalue weighted by atomic mass is 10.00. The van der Waals surface area contributed by atoms with Crippen LogP contribution in [-0.4, -0.2) is 26.1 Å². The maximum Gasteiger partial charge on any atom is 0.157 e. The van der Waals surface area contributed by atoms with Gasteiger partial charge in [-0.3, -0.25) is 0 Å². The van der Waals surface area contributed by atoms with E-state index < -0.39 is 0 Å². The molecule has 0 spiro atoms. The van der Waals surface area contributed by atoms with Gasteiger partial charge >= 0.3 is 0 Å². The van der Waals surface area contributed by atoms with Crippen LogP contribution >= 0.6 is 0 Å². The fraction of sp³-hybridized carbons (Fsp3) is 0.647. The fourth-order valence-electron chi connectivity index (χ4n) is 5.17. The van der Waals surface area contributed by atoms with Crippen molar-refractivity contribution in [2.24, 2.45) is 5.92 Å². The van der Waals surface area contributed by atoms with Crippen molar-refractivity contribution in [3.8, 4) is 16.9 Å². The van der Waals surface area contributed by atoms with Gasteiger partial charge in [0.2, 0.25) is 0 Å². The van der Waals surface area contributed by atoms with E-state index >= 15 is 0 Å². The number of benzene rings is 2. The van der Waals surface area contributed by atoms with Gasteiger partial charge in [-0.2, -0.15) is 0 Å². The van der Waals surface area contributed by atoms with E-state index in [1.165, 1.54) is 77.0 Å². The average molecular weight is 527 g/mol. The maximum atomic E-state index is 15.0. The Morgan fingerprint density at radius 2 is 1.37 bits per heavy atom. The zero-order chi connectivity index (χ0) is 26.8. The van der Waals surface area contributed by atoms with Gasteiger partial charge in [0.25, 0.3) is 0 Å². The van der Waals surface area contributed by atoms with Gasteiger partial charge in [-0.25, -0.2) is 4.39 Å². The largest absolute Gasteiger partial charge is 0.494 e. The lowest BCUT2D eigenvalue weighted by molar-refractivity contribution is -0.203. The SMILES string of the molecule is CCCCCCCCCOc1ccc(-c2ccc(CCC3OCC(CCCCCCC)CO3)cc2F)cc1. The molecular formula is C34H51FO3. The third-order valence-electron chi connectivity index (χ3n) is 7.64. The standard InChI is InChI=1S/C34H51FO3/c1-3-5-7-9-10-12-14-24-36-31-20-18-30(19-21-31)32-22-16-28(25-33(32)35)17-23-34-37-26-29(27-38-34)15-13-11-8-6-4-2/h16,18-22,25,29,34H,3-15,17,23-24,26-27H2,1-2H3. The number of unbranched alkanes of at least 4 members (excludes halogenated alkanes) is 10. The van der Waals surface area contributed by atoms with Gasteiger partial charge < -0.3 is 14.2 Å². The number of rotatable bonds is 19. The average Bonchev–Trinajstić information content (AvgIpc) is 2.94. The predicted octanol–water partition coefficient (Wildman–Crippen LogP) is 9.90. The van der Waals surface area contributed by atoms with Crippen LogP contribution in [0, 0.1) is 11.7 Å². The quantitative estimate of drug-likeness (QED) is 0.170. The summed E-state index contributed by atoms with van der Waals surface area (Å²) in [6.07, 6.45) is 17.9. The Kier molecular flexibility index (Phi) is 14.8. The normalized spacial score (nSPS) is 17.6. The molecule has 0 radical (unpaired) electrons. The summed E-state index contributed by atoms with van der Waals surface area (Å²) in [5, 5.41) is 0. The highest BCUT2D eigenvalue weighted by Crippen LogP contribution is 2.27. The summed E-state index contributed by atoms with van der Waals surface area (Å²) < 4.78 is 32.8. The van der Waals surface area contributed by atoms with E-state index in [1.54, 1.807) is 6.07 Å². The van der Waals surface area contributed by atoms with Crippen molar-refractivity contribution in [2.75, 3.05) is 19.8 Å². The van der Waals surface area contributed by atoms with Gasteiger partial charge in [0.1, 0.15) is 11.6 Å². The summed E-state index contributed by atoms with van der Waals surface area (Å²) >= 11 is 0. The first-order valence-electron chi connectivity index (χ1n) is 15.4. The van der Waals surface area contributed by atoms with Crippen molar-refractivity contribution in [2.45, 2.75) is 116 Å². The van der Waals surface area contributed by atoms with E-state index in [9.17, 15) is 4.39 Å². The summed E-state index contributed by atoms with van der Waals surface area (Å²) in [6.45, 7) is 6.80. The minimum atomic E-state index is -0.187. The fourth-order valence-corrected chi connectivity index (χ4v) is 5.17. The molecule has 0 aromatic heterocycles. The first-order valence-corrected chi connectivity index (χ1v) is 15.4. The summed E-state index contributed by atoms with van der Waals surface area (Å²) in [5.41, 5.74) is 2.47. The molecule has 3 rings (SSSR count). The molecular weight excluding hydrogens is 475 g/mol. The molecule has 1 aliphatic rings. The molecule has 0 atom stereocenters. The molecule has 4 heteroatoms. The topological polar surface area (TPSA) is 27.7 Å². The number of hydrogen-bond donors (Lipinski definition) is 0.